The molecular weight excluding hydrogens is 204 g/mol. The molecule has 0 saturated heterocycles. The van der Waals surface area contributed by atoms with Crippen LogP contribution in [0.4, 0.5) is 0 Å². The van der Waals surface area contributed by atoms with E-state index in [0.717, 1.165) is 12.2 Å². The van der Waals surface area contributed by atoms with Crippen LogP contribution in [0.25, 0.3) is 0 Å². The molecule has 0 saturated carbocycles. The van der Waals surface area contributed by atoms with Crippen molar-refractivity contribution < 1.29 is 19.8 Å². The van der Waals surface area contributed by atoms with E-state index in [2.05, 4.69) is 12.6 Å². The third kappa shape index (κ3) is 4.71. The van der Waals surface area contributed by atoms with Crippen molar-refractivity contribution in [3.63, 3.8) is 0 Å². The lowest BCUT2D eigenvalue weighted by Crippen LogP contribution is -2.06. The first-order valence-corrected chi connectivity index (χ1v) is 4.36. The van der Waals surface area contributed by atoms with Gasteiger partial charge in [-0.05, 0) is 25.0 Å². The van der Waals surface area contributed by atoms with Crippen LogP contribution in [0, 0.1) is 0 Å². The molecule has 2 N–H and O–H groups in total. The van der Waals surface area contributed by atoms with E-state index in [1.54, 1.807) is 13.8 Å². The zero-order valence-electron chi connectivity index (χ0n) is 7.89. The number of carbonyl (C=O) groups is 2. The summed E-state index contributed by atoms with van der Waals surface area (Å²) in [7, 11) is 0. The number of hydrogen-bond donors (Lipinski definition) is 3. The number of thiol groups is 1. The van der Waals surface area contributed by atoms with Crippen molar-refractivity contribution in [1.82, 2.24) is 0 Å². The van der Waals surface area contributed by atoms with Gasteiger partial charge in [-0.3, -0.25) is 0 Å². The van der Waals surface area contributed by atoms with Crippen molar-refractivity contribution in [2.75, 3.05) is 0 Å². The van der Waals surface area contributed by atoms with Gasteiger partial charge in [0.2, 0.25) is 0 Å². The molecule has 0 aliphatic carbocycles. The van der Waals surface area contributed by atoms with Crippen LogP contribution < -0.4 is 0 Å². The molecule has 0 rings (SSSR count). The van der Waals surface area contributed by atoms with Crippen LogP contribution in [0.5, 0.6) is 0 Å². The number of carboxylic acid groups (broad SMARTS) is 2. The Labute approximate surface area is 87.3 Å². The molecule has 0 aromatic carbocycles. The highest BCUT2D eigenvalue weighted by molar-refractivity contribution is 7.81. The van der Waals surface area contributed by atoms with Crippen LogP contribution in [0.1, 0.15) is 13.8 Å². The summed E-state index contributed by atoms with van der Waals surface area (Å²) < 4.78 is 0. The number of aliphatic carboxylic acids is 2. The van der Waals surface area contributed by atoms with E-state index in [0.29, 0.717) is 11.1 Å². The Bertz CT molecular complexity index is 274. The summed E-state index contributed by atoms with van der Waals surface area (Å²) in [6, 6.07) is 0. The molecule has 0 atom stereocenters. The fourth-order valence-electron chi connectivity index (χ4n) is 0.907. The van der Waals surface area contributed by atoms with Crippen LogP contribution in [-0.2, 0) is 9.59 Å². The Kier molecular flexibility index (Phi) is 5.01. The first-order valence-electron chi connectivity index (χ1n) is 3.85. The fourth-order valence-corrected chi connectivity index (χ4v) is 1.06. The van der Waals surface area contributed by atoms with Crippen LogP contribution >= 0.6 is 12.6 Å². The SMILES string of the molecule is C/C(=C\C(=O)O)C(S)/C(C)=C/C(=O)O. The molecule has 0 radical (unpaired) electrons. The molecule has 0 spiro atoms. The van der Waals surface area contributed by atoms with Crippen molar-refractivity contribution in [2.24, 2.45) is 0 Å². The van der Waals surface area contributed by atoms with Crippen molar-refractivity contribution in [1.29, 1.82) is 0 Å². The van der Waals surface area contributed by atoms with Crippen LogP contribution in [0.15, 0.2) is 23.3 Å². The Morgan fingerprint density at radius 3 is 1.57 bits per heavy atom. The van der Waals surface area contributed by atoms with Crippen molar-refractivity contribution in [3.05, 3.63) is 23.3 Å². The fraction of sp³-hybridized carbons (Fsp3) is 0.333. The van der Waals surface area contributed by atoms with Gasteiger partial charge in [0.15, 0.2) is 0 Å². The molecule has 78 valence electrons. The molecule has 4 nitrogen and oxygen atoms in total. The lowest BCUT2D eigenvalue weighted by atomic mass is 10.1. The van der Waals surface area contributed by atoms with Gasteiger partial charge < -0.3 is 10.2 Å². The summed E-state index contributed by atoms with van der Waals surface area (Å²) in [4.78, 5) is 20.6. The van der Waals surface area contributed by atoms with E-state index in [1.807, 2.05) is 0 Å². The molecule has 0 amide bonds. The predicted molar refractivity (Wildman–Crippen MR) is 55.6 cm³/mol. The minimum Gasteiger partial charge on any atom is -0.478 e. The van der Waals surface area contributed by atoms with E-state index >= 15 is 0 Å². The molecule has 0 bridgehead atoms. The van der Waals surface area contributed by atoms with Gasteiger partial charge in [-0.1, -0.05) is 0 Å². The molecule has 0 unspecified atom stereocenters. The molecule has 14 heavy (non-hydrogen) atoms. The molecule has 0 fully saturated rings. The third-order valence-corrected chi connectivity index (χ3v) is 2.38. The maximum Gasteiger partial charge on any atom is 0.328 e. The molecule has 0 aromatic heterocycles. The largest absolute Gasteiger partial charge is 0.478 e. The van der Waals surface area contributed by atoms with Gasteiger partial charge in [0, 0.05) is 17.4 Å². The maximum atomic E-state index is 10.3. The molecule has 5 heteroatoms. The second kappa shape index (κ2) is 5.49. The maximum absolute atomic E-state index is 10.3. The standard InChI is InChI=1S/C9H12O4S/c1-5(3-7(10)11)9(14)6(2)4-8(12)13/h3-4,9,14H,1-2H3,(H,10,11)(H,12,13)/b5-3+,6-4+. The zero-order chi connectivity index (χ0) is 11.3. The summed E-state index contributed by atoms with van der Waals surface area (Å²) in [5.74, 6) is -2.13. The van der Waals surface area contributed by atoms with E-state index in [9.17, 15) is 9.59 Å². The number of hydrogen-bond acceptors (Lipinski definition) is 3. The molecule has 0 aliphatic rings. The summed E-state index contributed by atoms with van der Waals surface area (Å²) in [6.45, 7) is 3.18. The Hall–Kier alpha value is -1.23. The second-order valence-electron chi connectivity index (χ2n) is 2.86. The van der Waals surface area contributed by atoms with E-state index in [1.165, 1.54) is 0 Å². The lowest BCUT2D eigenvalue weighted by molar-refractivity contribution is -0.132. The summed E-state index contributed by atoms with van der Waals surface area (Å²) in [5, 5.41) is 16.4. The smallest absolute Gasteiger partial charge is 0.328 e. The monoisotopic (exact) mass is 216 g/mol. The van der Waals surface area contributed by atoms with Crippen molar-refractivity contribution in [2.45, 2.75) is 19.1 Å². The highest BCUT2D eigenvalue weighted by atomic mass is 32.1. The first kappa shape index (κ1) is 12.8. The highest BCUT2D eigenvalue weighted by Crippen LogP contribution is 2.17. The van der Waals surface area contributed by atoms with Crippen LogP contribution in [0.2, 0.25) is 0 Å². The van der Waals surface area contributed by atoms with Gasteiger partial charge in [-0.25, -0.2) is 9.59 Å². The second-order valence-corrected chi connectivity index (χ2v) is 3.37. The van der Waals surface area contributed by atoms with Crippen molar-refractivity contribution >= 4 is 24.6 Å². The van der Waals surface area contributed by atoms with Crippen molar-refractivity contribution in [3.8, 4) is 0 Å². The summed E-state index contributed by atoms with van der Waals surface area (Å²) in [6.07, 6.45) is 2.02. The van der Waals surface area contributed by atoms with E-state index in [-0.39, 0.29) is 0 Å². The topological polar surface area (TPSA) is 74.6 Å². The molecule has 0 aliphatic heterocycles. The van der Waals surface area contributed by atoms with Gasteiger partial charge >= 0.3 is 11.9 Å². The lowest BCUT2D eigenvalue weighted by Gasteiger charge is -2.10. The molecule has 0 heterocycles. The van der Waals surface area contributed by atoms with Gasteiger partial charge in [0.1, 0.15) is 0 Å². The Balaban J connectivity index is 4.70. The van der Waals surface area contributed by atoms with Gasteiger partial charge in [0.25, 0.3) is 0 Å². The average Bonchev–Trinajstić information content (AvgIpc) is 2.00. The van der Waals surface area contributed by atoms with Gasteiger partial charge in [-0.2, -0.15) is 12.6 Å². The number of carboxylic acids is 2. The van der Waals surface area contributed by atoms with Crippen LogP contribution in [-0.4, -0.2) is 27.4 Å². The predicted octanol–water partition coefficient (Wildman–Crippen LogP) is 1.35. The summed E-state index contributed by atoms with van der Waals surface area (Å²) >= 11 is 4.11. The molecular formula is C9H12O4S. The Morgan fingerprint density at radius 2 is 1.36 bits per heavy atom. The van der Waals surface area contributed by atoms with Gasteiger partial charge in [0.05, 0.1) is 0 Å². The van der Waals surface area contributed by atoms with E-state index in [4.69, 9.17) is 10.2 Å². The summed E-state index contributed by atoms with van der Waals surface area (Å²) in [5.41, 5.74) is 0.992. The third-order valence-electron chi connectivity index (χ3n) is 1.56. The minimum absolute atomic E-state index is 0.470. The zero-order valence-corrected chi connectivity index (χ0v) is 8.78. The minimum atomic E-state index is -1.07. The molecule has 0 aromatic rings. The van der Waals surface area contributed by atoms with E-state index < -0.39 is 17.2 Å². The highest BCUT2D eigenvalue weighted by Gasteiger charge is 2.09. The Morgan fingerprint density at radius 1 is 1.07 bits per heavy atom. The van der Waals surface area contributed by atoms with Gasteiger partial charge in [-0.15, -0.1) is 0 Å². The van der Waals surface area contributed by atoms with Crippen LogP contribution in [0.3, 0.4) is 0 Å². The number of rotatable bonds is 4. The first-order chi connectivity index (χ1) is 6.34. The quantitative estimate of drug-likeness (QED) is 0.490. The normalized spacial score (nSPS) is 15.1. The average molecular weight is 216 g/mol.